The summed E-state index contributed by atoms with van der Waals surface area (Å²) in [4.78, 5) is 53.6. The molecule has 0 saturated heterocycles. The van der Waals surface area contributed by atoms with Crippen molar-refractivity contribution in [2.24, 2.45) is 5.92 Å². The molecular formula is C33H29Cl6F2N3O6. The lowest BCUT2D eigenvalue weighted by atomic mass is 10.1. The predicted octanol–water partition coefficient (Wildman–Crippen LogP) is 11.0. The summed E-state index contributed by atoms with van der Waals surface area (Å²) in [5.74, 6) is -5.93. The van der Waals surface area contributed by atoms with Crippen LogP contribution in [0.25, 0.3) is 0 Å². The summed E-state index contributed by atoms with van der Waals surface area (Å²) >= 11 is 37.6. The van der Waals surface area contributed by atoms with Gasteiger partial charge in [0.15, 0.2) is 5.82 Å². The highest BCUT2D eigenvalue weighted by molar-refractivity contribution is 6.54. The van der Waals surface area contributed by atoms with E-state index in [0.717, 1.165) is 0 Å². The van der Waals surface area contributed by atoms with Gasteiger partial charge in [-0.05, 0) is 77.4 Å². The maximum absolute atomic E-state index is 15.4. The van der Waals surface area contributed by atoms with Crippen molar-refractivity contribution in [1.82, 2.24) is 0 Å². The van der Waals surface area contributed by atoms with E-state index in [0.29, 0.717) is 17.7 Å². The molecule has 1 saturated carbocycles. The minimum absolute atomic E-state index is 0.0652. The maximum atomic E-state index is 15.4. The van der Waals surface area contributed by atoms with Crippen molar-refractivity contribution in [3.63, 3.8) is 0 Å². The second kappa shape index (κ2) is 14.5. The third-order valence-corrected chi connectivity index (χ3v) is 9.31. The summed E-state index contributed by atoms with van der Waals surface area (Å²) in [6, 6.07) is 7.89. The molecular weight excluding hydrogens is 785 g/mol. The second-order valence-electron chi connectivity index (χ2n) is 13.1. The molecule has 17 heteroatoms. The minimum atomic E-state index is -1.54. The van der Waals surface area contributed by atoms with Crippen molar-refractivity contribution >= 4 is 111 Å². The number of anilines is 3. The van der Waals surface area contributed by atoms with Crippen molar-refractivity contribution in [2.45, 2.75) is 63.0 Å². The average Bonchev–Trinajstić information content (AvgIpc) is 3.54. The standard InChI is InChI=1S/C33H29Cl6F2N3O6/c1-31(2,3)49-29(47)44(30(48)50-32(4,5)6)22-12-15(40)11-21(41)26(22)43-27(45)17-13-16(7-8-18(17)34)42-28(46)24-23(33(24,38)39)14-9-19(35)25(37)20(36)10-14/h7-13,23-24H,1-6H3,(H,42,46)(H,43,45)/t23-,24+/m0/s1. The molecule has 0 heterocycles. The van der Waals surface area contributed by atoms with Crippen LogP contribution in [0.4, 0.5) is 35.4 Å². The van der Waals surface area contributed by atoms with Crippen molar-refractivity contribution in [1.29, 1.82) is 0 Å². The Morgan fingerprint density at radius 2 is 1.32 bits per heavy atom. The molecule has 2 atom stereocenters. The van der Waals surface area contributed by atoms with Gasteiger partial charge in [-0.15, -0.1) is 23.2 Å². The normalized spacial score (nSPS) is 16.7. The summed E-state index contributed by atoms with van der Waals surface area (Å²) in [7, 11) is 0. The molecule has 0 unspecified atom stereocenters. The third-order valence-electron chi connectivity index (χ3n) is 6.85. The van der Waals surface area contributed by atoms with Gasteiger partial charge in [0.05, 0.1) is 37.3 Å². The molecule has 0 spiro atoms. The lowest BCUT2D eigenvalue weighted by Gasteiger charge is -2.29. The maximum Gasteiger partial charge on any atom is 0.424 e. The molecule has 3 aromatic rings. The van der Waals surface area contributed by atoms with Gasteiger partial charge >= 0.3 is 12.2 Å². The van der Waals surface area contributed by atoms with Crippen LogP contribution in [-0.4, -0.2) is 39.5 Å². The van der Waals surface area contributed by atoms with E-state index >= 15 is 4.39 Å². The van der Waals surface area contributed by atoms with Crippen LogP contribution in [0, 0.1) is 17.6 Å². The number of amides is 4. The first kappa shape index (κ1) is 39.7. The van der Waals surface area contributed by atoms with Crippen LogP contribution in [0.5, 0.6) is 0 Å². The van der Waals surface area contributed by atoms with E-state index in [4.69, 9.17) is 79.1 Å². The minimum Gasteiger partial charge on any atom is -0.443 e. The van der Waals surface area contributed by atoms with E-state index in [-0.39, 0.29) is 36.2 Å². The van der Waals surface area contributed by atoms with Crippen LogP contribution < -0.4 is 15.5 Å². The molecule has 2 N–H and O–H groups in total. The monoisotopic (exact) mass is 811 g/mol. The number of rotatable bonds is 6. The van der Waals surface area contributed by atoms with E-state index in [1.165, 1.54) is 71.9 Å². The highest BCUT2D eigenvalue weighted by Gasteiger charge is 2.67. The van der Waals surface area contributed by atoms with E-state index in [9.17, 15) is 23.6 Å². The van der Waals surface area contributed by atoms with E-state index < -0.39 is 74.4 Å². The number of hydrogen-bond donors (Lipinski definition) is 2. The Balaban J connectivity index is 1.65. The van der Waals surface area contributed by atoms with E-state index in [1.54, 1.807) is 0 Å². The summed E-state index contributed by atoms with van der Waals surface area (Å²) in [5.41, 5.74) is -3.56. The van der Waals surface area contributed by atoms with Crippen LogP contribution in [0.2, 0.25) is 20.1 Å². The zero-order valence-corrected chi connectivity index (χ0v) is 31.7. The predicted molar refractivity (Wildman–Crippen MR) is 191 cm³/mol. The Kier molecular flexibility index (Phi) is 11.5. The second-order valence-corrected chi connectivity index (χ2v) is 16.2. The molecule has 9 nitrogen and oxygen atoms in total. The number of ether oxygens (including phenoxy) is 2. The molecule has 0 radical (unpaired) electrons. The largest absolute Gasteiger partial charge is 0.443 e. The number of carbonyl (C=O) groups is 4. The Labute approximate surface area is 316 Å². The summed E-state index contributed by atoms with van der Waals surface area (Å²) < 4.78 is 39.1. The first-order valence-corrected chi connectivity index (χ1v) is 16.9. The highest BCUT2D eigenvalue weighted by Crippen LogP contribution is 2.65. The molecule has 50 heavy (non-hydrogen) atoms. The molecule has 0 bridgehead atoms. The highest BCUT2D eigenvalue weighted by atomic mass is 35.5. The Morgan fingerprint density at radius 1 is 0.780 bits per heavy atom. The molecule has 3 aromatic carbocycles. The van der Waals surface area contributed by atoms with Gasteiger partial charge in [0.1, 0.15) is 27.0 Å². The molecule has 1 fully saturated rings. The van der Waals surface area contributed by atoms with Gasteiger partial charge in [0.2, 0.25) is 5.91 Å². The number of halogens is 8. The molecule has 0 aromatic heterocycles. The first-order valence-electron chi connectivity index (χ1n) is 14.6. The Hall–Kier alpha value is -3.06. The Morgan fingerprint density at radius 3 is 1.84 bits per heavy atom. The number of benzene rings is 3. The summed E-state index contributed by atoms with van der Waals surface area (Å²) in [5, 5.41) is 5.11. The first-order chi connectivity index (χ1) is 22.9. The van der Waals surface area contributed by atoms with Gasteiger partial charge in [-0.1, -0.05) is 46.4 Å². The van der Waals surface area contributed by atoms with Crippen molar-refractivity contribution < 1.29 is 37.4 Å². The lowest BCUT2D eigenvalue weighted by molar-refractivity contribution is -0.117. The number of carbonyl (C=O) groups excluding carboxylic acids is 4. The fraction of sp³-hybridized carbons (Fsp3) is 0.333. The summed E-state index contributed by atoms with van der Waals surface area (Å²) in [6.45, 7) is 9.04. The topological polar surface area (TPSA) is 114 Å². The number of alkyl halides is 2. The van der Waals surface area contributed by atoms with Crippen molar-refractivity contribution in [3.05, 3.63) is 85.3 Å². The van der Waals surface area contributed by atoms with Crippen molar-refractivity contribution in [2.75, 3.05) is 15.5 Å². The van der Waals surface area contributed by atoms with Gasteiger partial charge in [0, 0.05) is 23.7 Å². The van der Waals surface area contributed by atoms with Gasteiger partial charge in [-0.3, -0.25) is 9.59 Å². The van der Waals surface area contributed by atoms with Crippen molar-refractivity contribution in [3.8, 4) is 0 Å². The van der Waals surface area contributed by atoms with Crippen LogP contribution in [0.3, 0.4) is 0 Å². The average molecular weight is 814 g/mol. The molecule has 4 rings (SSSR count). The van der Waals surface area contributed by atoms with Gasteiger partial charge in [-0.25, -0.2) is 18.4 Å². The Bertz CT molecular complexity index is 1850. The fourth-order valence-corrected chi connectivity index (χ4v) is 6.39. The zero-order valence-electron chi connectivity index (χ0n) is 27.1. The number of imide groups is 1. The van der Waals surface area contributed by atoms with Crippen LogP contribution in [-0.2, 0) is 14.3 Å². The van der Waals surface area contributed by atoms with Gasteiger partial charge < -0.3 is 20.1 Å². The lowest BCUT2D eigenvalue weighted by Crippen LogP contribution is -2.44. The van der Waals surface area contributed by atoms with Crippen LogP contribution in [0.1, 0.15) is 63.4 Å². The molecule has 268 valence electrons. The number of nitrogens with zero attached hydrogens (tertiary/aromatic N) is 1. The number of hydrogen-bond acceptors (Lipinski definition) is 6. The van der Waals surface area contributed by atoms with Gasteiger partial charge in [-0.2, -0.15) is 4.90 Å². The van der Waals surface area contributed by atoms with Gasteiger partial charge in [0.25, 0.3) is 5.91 Å². The summed E-state index contributed by atoms with van der Waals surface area (Å²) in [6.07, 6.45) is -2.68. The third kappa shape index (κ3) is 9.05. The SMILES string of the molecule is CC(C)(C)OC(=O)N(C(=O)OC(C)(C)C)c1cc(F)cc(F)c1NC(=O)c1cc(NC(=O)[C@H]2[C@H](c3cc(Cl)c(Cl)c(Cl)c3)C2(Cl)Cl)ccc1Cl. The molecule has 1 aliphatic carbocycles. The quantitative estimate of drug-likeness (QED) is 0.189. The smallest absolute Gasteiger partial charge is 0.424 e. The molecule has 1 aliphatic rings. The van der Waals surface area contributed by atoms with E-state index in [1.807, 2.05) is 0 Å². The fourth-order valence-electron chi connectivity index (χ4n) is 4.75. The molecule has 0 aliphatic heterocycles. The molecule has 4 amide bonds. The van der Waals surface area contributed by atoms with Crippen LogP contribution in [0.15, 0.2) is 42.5 Å². The van der Waals surface area contributed by atoms with Crippen LogP contribution >= 0.6 is 69.6 Å². The zero-order chi connectivity index (χ0) is 37.7. The number of nitrogens with one attached hydrogen (secondary N) is 2. The van der Waals surface area contributed by atoms with E-state index in [2.05, 4.69) is 10.6 Å².